The van der Waals surface area contributed by atoms with Crippen LogP contribution in [-0.2, 0) is 22.4 Å². The molecular formula is C20H26N5O3S+. The number of aryl methyl sites for hydroxylation is 1. The lowest BCUT2D eigenvalue weighted by Crippen LogP contribution is -3.15. The van der Waals surface area contributed by atoms with E-state index in [1.807, 2.05) is 0 Å². The van der Waals surface area contributed by atoms with Gasteiger partial charge in [-0.2, -0.15) is 0 Å². The van der Waals surface area contributed by atoms with Gasteiger partial charge in [0.2, 0.25) is 5.95 Å². The summed E-state index contributed by atoms with van der Waals surface area (Å²) in [4.78, 5) is 38.3. The third-order valence-electron chi connectivity index (χ3n) is 5.37. The van der Waals surface area contributed by atoms with E-state index in [1.165, 1.54) is 21.1 Å². The van der Waals surface area contributed by atoms with Crippen molar-refractivity contribution in [3.63, 3.8) is 0 Å². The summed E-state index contributed by atoms with van der Waals surface area (Å²) >= 11 is 1.52. The van der Waals surface area contributed by atoms with Crippen LogP contribution in [0.15, 0.2) is 18.5 Å². The standard InChI is InChI=1S/C20H25N5O3S/c1-2-28-19(27)17-14-5-3-6-15(14)29-18(17)23-16(26)13-24-9-11-25(12-10-24)20-21-7-4-8-22-20/h4,7-8H,2-3,5-6,9-13H2,1H3,(H,23,26)/p+1. The lowest BCUT2D eigenvalue weighted by molar-refractivity contribution is -0.892. The van der Waals surface area contributed by atoms with E-state index in [-0.39, 0.29) is 11.9 Å². The molecule has 8 nitrogen and oxygen atoms in total. The molecule has 4 rings (SSSR count). The molecule has 0 aromatic carbocycles. The number of fused-ring (bicyclic) bond motifs is 1. The molecule has 1 fully saturated rings. The number of quaternary nitrogens is 1. The van der Waals surface area contributed by atoms with Crippen LogP contribution in [-0.4, -0.2) is 61.2 Å². The number of ether oxygens (including phenoxy) is 1. The summed E-state index contributed by atoms with van der Waals surface area (Å²) in [6.45, 7) is 5.83. The fourth-order valence-electron chi connectivity index (χ4n) is 3.96. The molecule has 0 unspecified atom stereocenters. The van der Waals surface area contributed by atoms with E-state index in [0.717, 1.165) is 57.0 Å². The molecule has 1 saturated heterocycles. The Morgan fingerprint density at radius 2 is 2.00 bits per heavy atom. The molecule has 2 aliphatic rings. The van der Waals surface area contributed by atoms with Gasteiger partial charge in [0.1, 0.15) is 5.00 Å². The summed E-state index contributed by atoms with van der Waals surface area (Å²) < 4.78 is 5.23. The van der Waals surface area contributed by atoms with Crippen LogP contribution in [0, 0.1) is 0 Å². The average Bonchev–Trinajstić information content (AvgIpc) is 3.30. The molecule has 1 amide bonds. The summed E-state index contributed by atoms with van der Waals surface area (Å²) in [5.41, 5.74) is 1.63. The molecule has 1 aliphatic heterocycles. The molecule has 29 heavy (non-hydrogen) atoms. The Bertz CT molecular complexity index is 878. The van der Waals surface area contributed by atoms with Crippen molar-refractivity contribution in [2.75, 3.05) is 49.5 Å². The molecule has 0 saturated carbocycles. The minimum atomic E-state index is -0.328. The molecule has 9 heteroatoms. The third kappa shape index (κ3) is 4.40. The van der Waals surface area contributed by atoms with Gasteiger partial charge < -0.3 is 19.9 Å². The van der Waals surface area contributed by atoms with E-state index in [9.17, 15) is 9.59 Å². The van der Waals surface area contributed by atoms with E-state index < -0.39 is 0 Å². The van der Waals surface area contributed by atoms with Gasteiger partial charge in [0.25, 0.3) is 5.91 Å². The molecule has 1 aliphatic carbocycles. The number of hydrogen-bond donors (Lipinski definition) is 2. The SMILES string of the molecule is CCOC(=O)c1c(NC(=O)C[NH+]2CCN(c3ncccn3)CC2)sc2c1CCC2. The molecule has 0 bridgehead atoms. The number of piperazine rings is 1. The zero-order valence-corrected chi connectivity index (χ0v) is 17.4. The molecule has 0 radical (unpaired) electrons. The first-order chi connectivity index (χ1) is 14.2. The number of esters is 1. The molecule has 2 N–H and O–H groups in total. The van der Waals surface area contributed by atoms with Gasteiger partial charge in [0, 0.05) is 17.3 Å². The number of hydrogen-bond acceptors (Lipinski definition) is 7. The maximum Gasteiger partial charge on any atom is 0.341 e. The zero-order valence-electron chi connectivity index (χ0n) is 16.6. The Balaban J connectivity index is 1.35. The highest BCUT2D eigenvalue weighted by atomic mass is 32.1. The molecule has 2 aromatic heterocycles. The monoisotopic (exact) mass is 416 g/mol. The number of carbonyl (C=O) groups is 2. The van der Waals surface area contributed by atoms with Gasteiger partial charge in [-0.05, 0) is 37.8 Å². The van der Waals surface area contributed by atoms with Crippen molar-refractivity contribution in [2.24, 2.45) is 0 Å². The second-order valence-electron chi connectivity index (χ2n) is 7.29. The zero-order chi connectivity index (χ0) is 20.2. The van der Waals surface area contributed by atoms with Crippen LogP contribution in [0.5, 0.6) is 0 Å². The number of rotatable bonds is 6. The van der Waals surface area contributed by atoms with Gasteiger partial charge in [-0.1, -0.05) is 0 Å². The first-order valence-corrected chi connectivity index (χ1v) is 10.9. The van der Waals surface area contributed by atoms with Crippen LogP contribution in [0.25, 0.3) is 0 Å². The maximum absolute atomic E-state index is 12.7. The van der Waals surface area contributed by atoms with Crippen molar-refractivity contribution in [1.29, 1.82) is 0 Å². The molecule has 3 heterocycles. The number of carbonyl (C=O) groups excluding carboxylic acids is 2. The van der Waals surface area contributed by atoms with Crippen LogP contribution in [0.1, 0.15) is 34.1 Å². The molecule has 0 spiro atoms. The lowest BCUT2D eigenvalue weighted by atomic mass is 10.1. The van der Waals surface area contributed by atoms with Gasteiger partial charge >= 0.3 is 5.97 Å². The van der Waals surface area contributed by atoms with Crippen molar-refractivity contribution < 1.29 is 19.2 Å². The Morgan fingerprint density at radius 1 is 1.24 bits per heavy atom. The van der Waals surface area contributed by atoms with Crippen LogP contribution in [0.4, 0.5) is 10.9 Å². The predicted octanol–water partition coefficient (Wildman–Crippen LogP) is 0.547. The average molecular weight is 417 g/mol. The number of aromatic nitrogens is 2. The van der Waals surface area contributed by atoms with Crippen LogP contribution < -0.4 is 15.1 Å². The van der Waals surface area contributed by atoms with E-state index in [1.54, 1.807) is 25.4 Å². The summed E-state index contributed by atoms with van der Waals surface area (Å²) in [6.07, 6.45) is 6.39. The highest BCUT2D eigenvalue weighted by Crippen LogP contribution is 2.39. The first-order valence-electron chi connectivity index (χ1n) is 10.1. The van der Waals surface area contributed by atoms with Gasteiger partial charge in [-0.3, -0.25) is 4.79 Å². The van der Waals surface area contributed by atoms with E-state index in [2.05, 4.69) is 20.2 Å². The Kier molecular flexibility index (Phi) is 6.05. The topological polar surface area (TPSA) is 88.9 Å². The van der Waals surface area contributed by atoms with Crippen molar-refractivity contribution in [1.82, 2.24) is 9.97 Å². The summed E-state index contributed by atoms with van der Waals surface area (Å²) in [5, 5.41) is 3.64. The van der Waals surface area contributed by atoms with Crippen LogP contribution in [0.2, 0.25) is 0 Å². The van der Waals surface area contributed by atoms with Crippen LogP contribution >= 0.6 is 11.3 Å². The third-order valence-corrected chi connectivity index (χ3v) is 6.58. The molecular weight excluding hydrogens is 390 g/mol. The number of nitrogens with zero attached hydrogens (tertiary/aromatic N) is 3. The quantitative estimate of drug-likeness (QED) is 0.669. The number of nitrogens with one attached hydrogen (secondary N) is 2. The number of anilines is 2. The van der Waals surface area contributed by atoms with E-state index >= 15 is 0 Å². The lowest BCUT2D eigenvalue weighted by Gasteiger charge is -2.31. The minimum Gasteiger partial charge on any atom is -0.462 e. The van der Waals surface area contributed by atoms with Gasteiger partial charge in [0.15, 0.2) is 6.54 Å². The van der Waals surface area contributed by atoms with Gasteiger partial charge in [-0.15, -0.1) is 11.3 Å². The van der Waals surface area contributed by atoms with Crippen molar-refractivity contribution >= 4 is 34.2 Å². The van der Waals surface area contributed by atoms with E-state index in [4.69, 9.17) is 4.74 Å². The second-order valence-corrected chi connectivity index (χ2v) is 8.40. The first kappa shape index (κ1) is 19.8. The van der Waals surface area contributed by atoms with Gasteiger partial charge in [-0.25, -0.2) is 14.8 Å². The Hall–Kier alpha value is -2.52. The summed E-state index contributed by atoms with van der Waals surface area (Å²) in [5.74, 6) is 0.351. The Labute approximate surface area is 173 Å². The molecule has 2 aromatic rings. The van der Waals surface area contributed by atoms with Crippen LogP contribution in [0.3, 0.4) is 0 Å². The van der Waals surface area contributed by atoms with Crippen molar-refractivity contribution in [2.45, 2.75) is 26.2 Å². The fourth-order valence-corrected chi connectivity index (χ4v) is 5.26. The van der Waals surface area contributed by atoms with Gasteiger partial charge in [0.05, 0.1) is 38.3 Å². The van der Waals surface area contributed by atoms with Crippen molar-refractivity contribution in [3.05, 3.63) is 34.5 Å². The second kappa shape index (κ2) is 8.87. The normalized spacial score (nSPS) is 16.5. The number of thiophene rings is 1. The largest absolute Gasteiger partial charge is 0.462 e. The highest BCUT2D eigenvalue weighted by molar-refractivity contribution is 7.17. The Morgan fingerprint density at radius 3 is 2.72 bits per heavy atom. The smallest absolute Gasteiger partial charge is 0.341 e. The predicted molar refractivity (Wildman–Crippen MR) is 111 cm³/mol. The maximum atomic E-state index is 12.7. The minimum absolute atomic E-state index is 0.0603. The van der Waals surface area contributed by atoms with Crippen molar-refractivity contribution in [3.8, 4) is 0 Å². The number of amides is 1. The molecule has 0 atom stereocenters. The summed E-state index contributed by atoms with van der Waals surface area (Å²) in [6, 6.07) is 1.81. The summed E-state index contributed by atoms with van der Waals surface area (Å²) in [7, 11) is 0. The molecule has 154 valence electrons. The highest BCUT2D eigenvalue weighted by Gasteiger charge is 2.29. The van der Waals surface area contributed by atoms with E-state index in [0.29, 0.717) is 23.7 Å². The fraction of sp³-hybridized carbons (Fsp3) is 0.500.